The molecule has 0 atom stereocenters. The van der Waals surface area contributed by atoms with Crippen molar-refractivity contribution in [1.82, 2.24) is 40.2 Å². The number of benzene rings is 1. The standard InChI is InChI=1S/C28H37N11/c1-19-5-4-6-20(2)25(19)32-26-22-17-30-28(33-27(22)37(3)36-26)31-23-7-8-24(35-34-23)39-15-13-38(14-16-39)18-21-9-11-29-12-10-21/h4-8,17,21,29H,9-16,18H2,1-3H3,(H,32,36)(H,30,31,33,34). The van der Waals surface area contributed by atoms with Crippen molar-refractivity contribution in [2.75, 3.05) is 61.3 Å². The Morgan fingerprint density at radius 2 is 1.72 bits per heavy atom. The van der Waals surface area contributed by atoms with E-state index in [1.807, 2.05) is 19.2 Å². The summed E-state index contributed by atoms with van der Waals surface area (Å²) >= 11 is 0. The van der Waals surface area contributed by atoms with E-state index in [9.17, 15) is 0 Å². The van der Waals surface area contributed by atoms with Crippen molar-refractivity contribution < 1.29 is 0 Å². The first-order chi connectivity index (χ1) is 19.0. The lowest BCUT2D eigenvalue weighted by atomic mass is 9.97. The van der Waals surface area contributed by atoms with Gasteiger partial charge >= 0.3 is 0 Å². The molecule has 1 aromatic carbocycles. The van der Waals surface area contributed by atoms with Crippen LogP contribution in [-0.2, 0) is 7.05 Å². The predicted octanol–water partition coefficient (Wildman–Crippen LogP) is 3.38. The average Bonchev–Trinajstić information content (AvgIpc) is 3.26. The van der Waals surface area contributed by atoms with Gasteiger partial charge in [0.1, 0.15) is 0 Å². The van der Waals surface area contributed by atoms with Gasteiger partial charge in [-0.3, -0.25) is 4.90 Å². The summed E-state index contributed by atoms with van der Waals surface area (Å²) in [5, 5.41) is 24.5. The molecule has 2 aliphatic rings. The molecule has 11 heteroatoms. The molecular formula is C28H37N11. The minimum Gasteiger partial charge on any atom is -0.353 e. The first-order valence-electron chi connectivity index (χ1n) is 13.9. The molecule has 6 rings (SSSR count). The van der Waals surface area contributed by atoms with E-state index < -0.39 is 0 Å². The summed E-state index contributed by atoms with van der Waals surface area (Å²) in [6.07, 6.45) is 4.38. The Hall–Kier alpha value is -3.83. The van der Waals surface area contributed by atoms with Crippen molar-refractivity contribution in [1.29, 1.82) is 0 Å². The number of nitrogens with one attached hydrogen (secondary N) is 3. The van der Waals surface area contributed by atoms with Crippen LogP contribution in [0.25, 0.3) is 11.0 Å². The molecule has 0 amide bonds. The molecule has 2 fully saturated rings. The van der Waals surface area contributed by atoms with E-state index in [1.54, 1.807) is 10.9 Å². The van der Waals surface area contributed by atoms with Gasteiger partial charge in [-0.2, -0.15) is 10.1 Å². The lowest BCUT2D eigenvalue weighted by Crippen LogP contribution is -2.48. The van der Waals surface area contributed by atoms with Gasteiger partial charge in [-0.25, -0.2) is 9.67 Å². The van der Waals surface area contributed by atoms with Crippen LogP contribution in [0, 0.1) is 19.8 Å². The Bertz CT molecular complexity index is 1400. The molecule has 2 aliphatic heterocycles. The molecule has 0 saturated carbocycles. The second kappa shape index (κ2) is 11.1. The van der Waals surface area contributed by atoms with Gasteiger partial charge in [0.05, 0.1) is 5.39 Å². The summed E-state index contributed by atoms with van der Waals surface area (Å²) in [7, 11) is 1.88. The van der Waals surface area contributed by atoms with Gasteiger partial charge in [-0.15, -0.1) is 10.2 Å². The van der Waals surface area contributed by atoms with E-state index in [4.69, 9.17) is 4.98 Å². The normalized spacial score (nSPS) is 17.1. The molecule has 4 aromatic rings. The number of nitrogens with zero attached hydrogens (tertiary/aromatic N) is 8. The summed E-state index contributed by atoms with van der Waals surface area (Å²) in [4.78, 5) is 14.1. The van der Waals surface area contributed by atoms with Gasteiger partial charge in [0, 0.05) is 51.7 Å². The third kappa shape index (κ3) is 5.64. The van der Waals surface area contributed by atoms with Crippen LogP contribution in [0.5, 0.6) is 0 Å². The lowest BCUT2D eigenvalue weighted by Gasteiger charge is -2.37. The molecule has 0 bridgehead atoms. The van der Waals surface area contributed by atoms with Crippen molar-refractivity contribution in [2.24, 2.45) is 13.0 Å². The molecule has 2 saturated heterocycles. The first kappa shape index (κ1) is 25.4. The molecule has 204 valence electrons. The Morgan fingerprint density at radius 3 is 2.44 bits per heavy atom. The van der Waals surface area contributed by atoms with E-state index in [2.05, 4.69) is 78.1 Å². The van der Waals surface area contributed by atoms with Crippen molar-refractivity contribution in [3.05, 3.63) is 47.7 Å². The number of rotatable bonds is 7. The highest BCUT2D eigenvalue weighted by molar-refractivity contribution is 5.90. The fourth-order valence-corrected chi connectivity index (χ4v) is 5.58. The molecule has 0 aliphatic carbocycles. The van der Waals surface area contributed by atoms with Crippen molar-refractivity contribution in [3.63, 3.8) is 0 Å². The van der Waals surface area contributed by atoms with E-state index in [0.29, 0.717) is 11.8 Å². The number of aryl methyl sites for hydroxylation is 3. The summed E-state index contributed by atoms with van der Waals surface area (Å²) in [5.74, 6) is 3.54. The SMILES string of the molecule is Cc1cccc(C)c1Nc1nn(C)c2nc(Nc3ccc(N4CCN(CC5CCNCC5)CC4)nn3)ncc12. The monoisotopic (exact) mass is 527 g/mol. The van der Waals surface area contributed by atoms with Gasteiger partial charge in [-0.1, -0.05) is 18.2 Å². The Morgan fingerprint density at radius 1 is 0.949 bits per heavy atom. The molecule has 3 aromatic heterocycles. The molecule has 3 N–H and O–H groups in total. The van der Waals surface area contributed by atoms with E-state index in [0.717, 1.165) is 84.7 Å². The fourth-order valence-electron chi connectivity index (χ4n) is 5.58. The number of fused-ring (bicyclic) bond motifs is 1. The highest BCUT2D eigenvalue weighted by Crippen LogP contribution is 2.28. The third-order valence-corrected chi connectivity index (χ3v) is 7.87. The quantitative estimate of drug-likeness (QED) is 0.331. The Balaban J connectivity index is 1.08. The van der Waals surface area contributed by atoms with E-state index >= 15 is 0 Å². The summed E-state index contributed by atoms with van der Waals surface area (Å²) < 4.78 is 1.76. The highest BCUT2D eigenvalue weighted by Gasteiger charge is 2.22. The van der Waals surface area contributed by atoms with Crippen LogP contribution in [-0.4, -0.2) is 80.7 Å². The van der Waals surface area contributed by atoms with Gasteiger partial charge in [-0.05, 0) is 69.0 Å². The van der Waals surface area contributed by atoms with Crippen LogP contribution < -0.4 is 20.9 Å². The number of hydrogen-bond acceptors (Lipinski definition) is 10. The summed E-state index contributed by atoms with van der Waals surface area (Å²) in [5.41, 5.74) is 4.11. The zero-order chi connectivity index (χ0) is 26.8. The van der Waals surface area contributed by atoms with Gasteiger partial charge < -0.3 is 20.9 Å². The van der Waals surface area contributed by atoms with Crippen LogP contribution in [0.3, 0.4) is 0 Å². The number of aromatic nitrogens is 6. The molecule has 39 heavy (non-hydrogen) atoms. The predicted molar refractivity (Wildman–Crippen MR) is 155 cm³/mol. The maximum atomic E-state index is 4.70. The van der Waals surface area contributed by atoms with Crippen LogP contribution in [0.2, 0.25) is 0 Å². The number of hydrogen-bond donors (Lipinski definition) is 3. The Labute approximate surface area is 229 Å². The maximum absolute atomic E-state index is 4.70. The smallest absolute Gasteiger partial charge is 0.230 e. The van der Waals surface area contributed by atoms with Gasteiger partial charge in [0.15, 0.2) is 23.1 Å². The van der Waals surface area contributed by atoms with Crippen molar-refractivity contribution in [3.8, 4) is 0 Å². The van der Waals surface area contributed by atoms with Crippen LogP contribution in [0.4, 0.5) is 29.1 Å². The number of para-hydroxylation sites is 1. The molecule has 11 nitrogen and oxygen atoms in total. The molecule has 0 spiro atoms. The van der Waals surface area contributed by atoms with E-state index in [-0.39, 0.29) is 0 Å². The minimum absolute atomic E-state index is 0.456. The summed E-state index contributed by atoms with van der Waals surface area (Å²) in [6.45, 7) is 11.8. The number of anilines is 5. The van der Waals surface area contributed by atoms with Gasteiger partial charge in [0.25, 0.3) is 0 Å². The second-order valence-corrected chi connectivity index (χ2v) is 10.7. The minimum atomic E-state index is 0.456. The van der Waals surface area contributed by atoms with Crippen LogP contribution in [0.1, 0.15) is 24.0 Å². The fraction of sp³-hybridized carbons (Fsp3) is 0.464. The lowest BCUT2D eigenvalue weighted by molar-refractivity contribution is 0.196. The highest BCUT2D eigenvalue weighted by atomic mass is 15.4. The largest absolute Gasteiger partial charge is 0.353 e. The second-order valence-electron chi connectivity index (χ2n) is 10.7. The van der Waals surface area contributed by atoms with Crippen LogP contribution in [0.15, 0.2) is 36.5 Å². The molecular weight excluding hydrogens is 490 g/mol. The topological polar surface area (TPSA) is 112 Å². The van der Waals surface area contributed by atoms with Crippen molar-refractivity contribution in [2.45, 2.75) is 26.7 Å². The number of piperazine rings is 1. The zero-order valence-electron chi connectivity index (χ0n) is 23.0. The maximum Gasteiger partial charge on any atom is 0.230 e. The molecule has 0 unspecified atom stereocenters. The number of piperidine rings is 1. The first-order valence-corrected chi connectivity index (χ1v) is 13.9. The van der Waals surface area contributed by atoms with Crippen molar-refractivity contribution >= 4 is 40.1 Å². The molecule has 0 radical (unpaired) electrons. The molecule has 5 heterocycles. The summed E-state index contributed by atoms with van der Waals surface area (Å²) in [6, 6.07) is 10.2. The van der Waals surface area contributed by atoms with Crippen LogP contribution >= 0.6 is 0 Å². The zero-order valence-corrected chi connectivity index (χ0v) is 23.0. The average molecular weight is 528 g/mol. The van der Waals surface area contributed by atoms with E-state index in [1.165, 1.54) is 19.4 Å². The third-order valence-electron chi connectivity index (χ3n) is 7.87. The van der Waals surface area contributed by atoms with Gasteiger partial charge in [0.2, 0.25) is 5.95 Å². The Kier molecular flexibility index (Phi) is 7.25.